The summed E-state index contributed by atoms with van der Waals surface area (Å²) in [4.78, 5) is 10.4. The van der Waals surface area contributed by atoms with Crippen molar-refractivity contribution in [2.75, 3.05) is 7.11 Å². The van der Waals surface area contributed by atoms with Crippen LogP contribution < -0.4 is 5.73 Å². The third kappa shape index (κ3) is 2.29. The van der Waals surface area contributed by atoms with Crippen LogP contribution in [0.25, 0.3) is 0 Å². The van der Waals surface area contributed by atoms with E-state index in [1.807, 2.05) is 0 Å². The fraction of sp³-hybridized carbons (Fsp3) is 0.333. The maximum atomic E-state index is 10.4. The molecule has 1 rings (SSSR count). The van der Waals surface area contributed by atoms with Crippen molar-refractivity contribution in [2.24, 2.45) is 10.9 Å². The molecule has 1 aromatic carbocycles. The van der Waals surface area contributed by atoms with Crippen LogP contribution in [0, 0.1) is 4.91 Å². The zero-order valence-corrected chi connectivity index (χ0v) is 8.44. The molecule has 0 saturated carbocycles. The Morgan fingerprint density at radius 1 is 1.50 bits per heavy atom. The normalized spacial score (nSPS) is 14.8. The predicted octanol–water partition coefficient (Wildman–Crippen LogP) is 2.08. The molecule has 2 atom stereocenters. The molecule has 0 aliphatic heterocycles. The quantitative estimate of drug-likeness (QED) is 0.781. The van der Waals surface area contributed by atoms with Gasteiger partial charge in [0.2, 0.25) is 6.23 Å². The van der Waals surface area contributed by atoms with E-state index < -0.39 is 12.3 Å². The third-order valence-electron chi connectivity index (χ3n) is 1.92. The number of ether oxygens (including phenoxy) is 1. The summed E-state index contributed by atoms with van der Waals surface area (Å²) in [5.41, 5.74) is 6.41. The highest BCUT2D eigenvalue weighted by Gasteiger charge is 2.21. The van der Waals surface area contributed by atoms with E-state index in [-0.39, 0.29) is 0 Å². The molecule has 0 bridgehead atoms. The number of nitroso groups, excluding NO2 is 1. The molecule has 0 aliphatic rings. The van der Waals surface area contributed by atoms with E-state index in [0.29, 0.717) is 10.6 Å². The van der Waals surface area contributed by atoms with Crippen molar-refractivity contribution in [2.45, 2.75) is 12.3 Å². The number of hydrogen-bond donors (Lipinski definition) is 1. The average molecular weight is 215 g/mol. The summed E-state index contributed by atoms with van der Waals surface area (Å²) in [6, 6.07) is 6.39. The molecule has 0 amide bonds. The third-order valence-corrected chi connectivity index (χ3v) is 2.26. The molecule has 14 heavy (non-hydrogen) atoms. The number of rotatable bonds is 4. The zero-order valence-electron chi connectivity index (χ0n) is 7.68. The van der Waals surface area contributed by atoms with Crippen LogP contribution in [0.1, 0.15) is 11.6 Å². The molecule has 0 fully saturated rings. The second-order valence-electron chi connectivity index (χ2n) is 2.78. The Hall–Kier alpha value is -0.970. The lowest BCUT2D eigenvalue weighted by atomic mass is 10.1. The first-order chi connectivity index (χ1) is 6.70. The standard InChI is InChI=1S/C9H11ClN2O2/c1-14-9(12-13)8(11)6-4-2-3-5-7(6)10/h2-5,8-9H,11H2,1H3/t8-,9?/m1/s1. The number of benzene rings is 1. The Bertz CT molecular complexity index is 319. The van der Waals surface area contributed by atoms with Gasteiger partial charge in [-0.15, -0.1) is 4.91 Å². The van der Waals surface area contributed by atoms with Crippen molar-refractivity contribution in [3.63, 3.8) is 0 Å². The predicted molar refractivity (Wildman–Crippen MR) is 55.0 cm³/mol. The summed E-state index contributed by atoms with van der Waals surface area (Å²) in [5, 5.41) is 3.27. The molecule has 0 heterocycles. The molecule has 0 spiro atoms. The summed E-state index contributed by atoms with van der Waals surface area (Å²) in [7, 11) is 1.38. The largest absolute Gasteiger partial charge is 0.355 e. The van der Waals surface area contributed by atoms with Gasteiger partial charge >= 0.3 is 0 Å². The zero-order chi connectivity index (χ0) is 10.6. The Balaban J connectivity index is 2.93. The molecule has 4 nitrogen and oxygen atoms in total. The minimum Gasteiger partial charge on any atom is -0.355 e. The van der Waals surface area contributed by atoms with Gasteiger partial charge in [0.1, 0.15) is 0 Å². The lowest BCUT2D eigenvalue weighted by molar-refractivity contribution is 0.0864. The van der Waals surface area contributed by atoms with Crippen LogP contribution >= 0.6 is 11.6 Å². The van der Waals surface area contributed by atoms with E-state index in [1.54, 1.807) is 24.3 Å². The molecule has 0 radical (unpaired) electrons. The van der Waals surface area contributed by atoms with Crippen LogP contribution in [0.3, 0.4) is 0 Å². The van der Waals surface area contributed by atoms with Gasteiger partial charge in [-0.05, 0) is 16.8 Å². The average Bonchev–Trinajstić information content (AvgIpc) is 2.20. The Labute approximate surface area is 87.0 Å². The van der Waals surface area contributed by atoms with Crippen molar-refractivity contribution in [1.82, 2.24) is 0 Å². The van der Waals surface area contributed by atoms with Gasteiger partial charge in [0, 0.05) is 12.1 Å². The highest BCUT2D eigenvalue weighted by Crippen LogP contribution is 2.24. The molecule has 0 aromatic heterocycles. The molecule has 1 aromatic rings. The first-order valence-electron chi connectivity index (χ1n) is 4.06. The number of nitrogens with zero attached hydrogens (tertiary/aromatic N) is 1. The van der Waals surface area contributed by atoms with E-state index in [1.165, 1.54) is 7.11 Å². The minimum atomic E-state index is -0.908. The number of nitrogens with two attached hydrogens (primary N) is 1. The highest BCUT2D eigenvalue weighted by atomic mass is 35.5. The Morgan fingerprint density at radius 3 is 2.64 bits per heavy atom. The summed E-state index contributed by atoms with van der Waals surface area (Å²) in [6.45, 7) is 0. The maximum absolute atomic E-state index is 10.4. The SMILES string of the molecule is COC(N=O)[C@H](N)c1ccccc1Cl. The van der Waals surface area contributed by atoms with Gasteiger partial charge in [0.25, 0.3) is 0 Å². The lowest BCUT2D eigenvalue weighted by Gasteiger charge is -2.17. The fourth-order valence-corrected chi connectivity index (χ4v) is 1.42. The van der Waals surface area contributed by atoms with E-state index >= 15 is 0 Å². The van der Waals surface area contributed by atoms with Crippen LogP contribution in [0.2, 0.25) is 5.02 Å². The molecule has 76 valence electrons. The van der Waals surface area contributed by atoms with Gasteiger partial charge in [-0.2, -0.15) is 0 Å². The van der Waals surface area contributed by atoms with Crippen molar-refractivity contribution >= 4 is 11.6 Å². The summed E-state index contributed by atoms with van der Waals surface area (Å²) in [6.07, 6.45) is -0.908. The molecular weight excluding hydrogens is 204 g/mol. The Kier molecular flexibility index (Phi) is 4.00. The van der Waals surface area contributed by atoms with E-state index in [9.17, 15) is 4.91 Å². The van der Waals surface area contributed by atoms with Crippen molar-refractivity contribution in [1.29, 1.82) is 0 Å². The molecule has 0 aliphatic carbocycles. The van der Waals surface area contributed by atoms with Gasteiger partial charge in [0.05, 0.1) is 6.04 Å². The summed E-state index contributed by atoms with van der Waals surface area (Å²) < 4.78 is 4.81. The van der Waals surface area contributed by atoms with E-state index in [0.717, 1.165) is 0 Å². The van der Waals surface area contributed by atoms with Crippen LogP contribution in [0.15, 0.2) is 29.4 Å². The van der Waals surface area contributed by atoms with Crippen LogP contribution in [-0.4, -0.2) is 13.3 Å². The van der Waals surface area contributed by atoms with Crippen LogP contribution in [0.5, 0.6) is 0 Å². The smallest absolute Gasteiger partial charge is 0.208 e. The second kappa shape index (κ2) is 5.05. The van der Waals surface area contributed by atoms with Crippen molar-refractivity contribution in [3.8, 4) is 0 Å². The monoisotopic (exact) mass is 214 g/mol. The minimum absolute atomic E-state index is 0.505. The van der Waals surface area contributed by atoms with Gasteiger partial charge in [-0.1, -0.05) is 29.8 Å². The lowest BCUT2D eigenvalue weighted by Crippen LogP contribution is -2.26. The molecule has 2 N–H and O–H groups in total. The van der Waals surface area contributed by atoms with Crippen molar-refractivity contribution in [3.05, 3.63) is 39.8 Å². The van der Waals surface area contributed by atoms with E-state index in [2.05, 4.69) is 5.18 Å². The number of hydrogen-bond acceptors (Lipinski definition) is 4. The molecule has 0 saturated heterocycles. The van der Waals surface area contributed by atoms with Crippen LogP contribution in [0.4, 0.5) is 0 Å². The van der Waals surface area contributed by atoms with Crippen LogP contribution in [-0.2, 0) is 4.74 Å². The van der Waals surface area contributed by atoms with Crippen molar-refractivity contribution < 1.29 is 4.74 Å². The van der Waals surface area contributed by atoms with Gasteiger partial charge in [0.15, 0.2) is 0 Å². The number of halogens is 1. The number of methoxy groups -OCH3 is 1. The second-order valence-corrected chi connectivity index (χ2v) is 3.19. The fourth-order valence-electron chi connectivity index (χ4n) is 1.15. The topological polar surface area (TPSA) is 64.7 Å². The van der Waals surface area contributed by atoms with E-state index in [4.69, 9.17) is 22.1 Å². The maximum Gasteiger partial charge on any atom is 0.208 e. The molecule has 1 unspecified atom stereocenters. The Morgan fingerprint density at radius 2 is 2.14 bits per heavy atom. The first-order valence-corrected chi connectivity index (χ1v) is 4.43. The van der Waals surface area contributed by atoms with Gasteiger partial charge in [-0.3, -0.25) is 0 Å². The summed E-state index contributed by atoms with van der Waals surface area (Å²) in [5.74, 6) is 0. The molecule has 5 heteroatoms. The summed E-state index contributed by atoms with van der Waals surface area (Å²) >= 11 is 5.90. The molecular formula is C9H11ClN2O2. The van der Waals surface area contributed by atoms with Gasteiger partial charge in [-0.25, -0.2) is 0 Å². The first kappa shape index (κ1) is 11.1. The highest BCUT2D eigenvalue weighted by molar-refractivity contribution is 6.31. The van der Waals surface area contributed by atoms with Gasteiger partial charge < -0.3 is 10.5 Å².